The number of hydrogen-bond acceptors (Lipinski definition) is 0. The Hall–Kier alpha value is -1.25. The number of halogens is 3. The van der Waals surface area contributed by atoms with Gasteiger partial charge in [-0.25, -0.2) is 0 Å². The van der Waals surface area contributed by atoms with E-state index in [9.17, 15) is 13.2 Å². The third kappa shape index (κ3) is 1.43. The summed E-state index contributed by atoms with van der Waals surface area (Å²) in [7, 11) is 0. The minimum absolute atomic E-state index is 0.0144. The molecule has 0 saturated carbocycles. The van der Waals surface area contributed by atoms with E-state index in [4.69, 9.17) is 0 Å². The molecule has 0 heterocycles. The topological polar surface area (TPSA) is 0 Å². The van der Waals surface area contributed by atoms with E-state index in [1.54, 1.807) is 12.1 Å². The molecule has 3 heteroatoms. The summed E-state index contributed by atoms with van der Waals surface area (Å²) in [6.45, 7) is 1.83. The summed E-state index contributed by atoms with van der Waals surface area (Å²) >= 11 is 0. The zero-order valence-corrected chi connectivity index (χ0v) is 7.65. The van der Waals surface area contributed by atoms with Gasteiger partial charge in [-0.15, -0.1) is 0 Å². The van der Waals surface area contributed by atoms with E-state index in [1.165, 1.54) is 6.08 Å². The second-order valence-corrected chi connectivity index (χ2v) is 3.49. The van der Waals surface area contributed by atoms with Crippen LogP contribution in [0.2, 0.25) is 0 Å². The molecule has 14 heavy (non-hydrogen) atoms. The Morgan fingerprint density at radius 1 is 1.21 bits per heavy atom. The number of fused-ring (bicyclic) bond motifs is 1. The number of rotatable bonds is 0. The van der Waals surface area contributed by atoms with Gasteiger partial charge in [-0.1, -0.05) is 18.2 Å². The van der Waals surface area contributed by atoms with Crippen LogP contribution >= 0.6 is 0 Å². The molecule has 74 valence electrons. The Morgan fingerprint density at radius 2 is 1.93 bits per heavy atom. The fourth-order valence-corrected chi connectivity index (χ4v) is 1.71. The first-order valence-corrected chi connectivity index (χ1v) is 4.35. The molecule has 0 amide bonds. The zero-order chi connectivity index (χ0) is 10.3. The number of alkyl halides is 3. The van der Waals surface area contributed by atoms with Crippen LogP contribution in [0, 0.1) is 6.92 Å². The van der Waals surface area contributed by atoms with Crippen molar-refractivity contribution in [1.29, 1.82) is 0 Å². The predicted octanol–water partition coefficient (Wildman–Crippen LogP) is 3.50. The minimum Gasteiger partial charge on any atom is -0.166 e. The summed E-state index contributed by atoms with van der Waals surface area (Å²) in [5, 5.41) is 0. The molecule has 0 fully saturated rings. The summed E-state index contributed by atoms with van der Waals surface area (Å²) in [6, 6.07) is 5.37. The molecule has 0 N–H and O–H groups in total. The Kier molecular flexibility index (Phi) is 1.91. The van der Waals surface area contributed by atoms with Crippen LogP contribution < -0.4 is 0 Å². The lowest BCUT2D eigenvalue weighted by atomic mass is 10.1. The lowest BCUT2D eigenvalue weighted by Crippen LogP contribution is -2.11. The predicted molar refractivity (Wildman–Crippen MR) is 48.9 cm³/mol. The molecule has 2 rings (SSSR count). The summed E-state index contributed by atoms with van der Waals surface area (Å²) in [5.41, 5.74) is 1.97. The molecule has 0 aliphatic heterocycles. The first-order valence-electron chi connectivity index (χ1n) is 4.35. The van der Waals surface area contributed by atoms with Crippen LogP contribution in [-0.4, -0.2) is 6.18 Å². The second kappa shape index (κ2) is 2.87. The van der Waals surface area contributed by atoms with Crippen molar-refractivity contribution < 1.29 is 13.2 Å². The Bertz CT molecular complexity index is 399. The molecule has 0 radical (unpaired) electrons. The van der Waals surface area contributed by atoms with Gasteiger partial charge < -0.3 is 0 Å². The van der Waals surface area contributed by atoms with E-state index in [-0.39, 0.29) is 6.42 Å². The van der Waals surface area contributed by atoms with Crippen molar-refractivity contribution in [2.24, 2.45) is 0 Å². The van der Waals surface area contributed by atoms with Gasteiger partial charge in [-0.2, -0.15) is 13.2 Å². The van der Waals surface area contributed by atoms with Gasteiger partial charge in [-0.3, -0.25) is 0 Å². The van der Waals surface area contributed by atoms with E-state index in [0.29, 0.717) is 0 Å². The van der Waals surface area contributed by atoms with Gasteiger partial charge in [-0.05, 0) is 29.7 Å². The summed E-state index contributed by atoms with van der Waals surface area (Å²) in [4.78, 5) is 0. The van der Waals surface area contributed by atoms with Gasteiger partial charge in [0.1, 0.15) is 0 Å². The molecule has 1 aromatic carbocycles. The smallest absolute Gasteiger partial charge is 0.166 e. The third-order valence-corrected chi connectivity index (χ3v) is 2.48. The highest BCUT2D eigenvalue weighted by atomic mass is 19.4. The maximum Gasteiger partial charge on any atom is 0.413 e. The quantitative estimate of drug-likeness (QED) is 0.598. The van der Waals surface area contributed by atoms with Crippen molar-refractivity contribution in [2.45, 2.75) is 19.5 Å². The molecule has 0 bridgehead atoms. The van der Waals surface area contributed by atoms with Gasteiger partial charge in [0.25, 0.3) is 0 Å². The largest absolute Gasteiger partial charge is 0.413 e. The van der Waals surface area contributed by atoms with Crippen molar-refractivity contribution in [3.63, 3.8) is 0 Å². The van der Waals surface area contributed by atoms with Crippen molar-refractivity contribution >= 4 is 6.08 Å². The van der Waals surface area contributed by atoms with Gasteiger partial charge in [0.2, 0.25) is 0 Å². The number of allylic oxidation sites excluding steroid dienone is 1. The van der Waals surface area contributed by atoms with Gasteiger partial charge in [0.15, 0.2) is 0 Å². The van der Waals surface area contributed by atoms with Crippen molar-refractivity contribution in [3.05, 3.63) is 40.5 Å². The van der Waals surface area contributed by atoms with Crippen LogP contribution in [0.25, 0.3) is 6.08 Å². The average molecular weight is 198 g/mol. The standard InChI is InChI=1S/C11H9F3/c1-7-3-2-4-8-5-9(6-10(7)8)11(12,13)14/h2-4,6H,5H2,1H3. The van der Waals surface area contributed by atoms with Crippen molar-refractivity contribution in [1.82, 2.24) is 0 Å². The Balaban J connectivity index is 2.45. The first-order chi connectivity index (χ1) is 6.48. The van der Waals surface area contributed by atoms with E-state index in [0.717, 1.165) is 16.7 Å². The van der Waals surface area contributed by atoms with E-state index < -0.39 is 11.7 Å². The molecule has 0 spiro atoms. The fraction of sp³-hybridized carbons (Fsp3) is 0.273. The Labute approximate surface area is 80.1 Å². The SMILES string of the molecule is Cc1cccc2c1C=C(C(F)(F)F)C2. The first kappa shape index (κ1) is 9.31. The van der Waals surface area contributed by atoms with Crippen molar-refractivity contribution in [3.8, 4) is 0 Å². The van der Waals surface area contributed by atoms with Crippen LogP contribution in [0.4, 0.5) is 13.2 Å². The molecule has 1 aromatic rings. The molecule has 1 aliphatic carbocycles. The highest BCUT2D eigenvalue weighted by molar-refractivity contribution is 5.67. The lowest BCUT2D eigenvalue weighted by molar-refractivity contribution is -0.0918. The normalized spacial score (nSPS) is 15.3. The monoisotopic (exact) mass is 198 g/mol. The van der Waals surface area contributed by atoms with Gasteiger partial charge in [0.05, 0.1) is 0 Å². The summed E-state index contributed by atoms with van der Waals surface area (Å²) in [6.07, 6.45) is -2.92. The summed E-state index contributed by atoms with van der Waals surface area (Å²) in [5.74, 6) is 0. The molecule has 0 atom stereocenters. The van der Waals surface area contributed by atoms with E-state index in [1.807, 2.05) is 13.0 Å². The third-order valence-electron chi connectivity index (χ3n) is 2.48. The zero-order valence-electron chi connectivity index (χ0n) is 7.65. The van der Waals surface area contributed by atoms with Gasteiger partial charge in [0, 0.05) is 12.0 Å². The molecule has 0 saturated heterocycles. The molecular weight excluding hydrogens is 189 g/mol. The maximum absolute atomic E-state index is 12.4. The van der Waals surface area contributed by atoms with Crippen LogP contribution in [0.1, 0.15) is 16.7 Å². The van der Waals surface area contributed by atoms with Crippen LogP contribution in [0.15, 0.2) is 23.8 Å². The minimum atomic E-state index is -4.19. The molecule has 0 aromatic heterocycles. The summed E-state index contributed by atoms with van der Waals surface area (Å²) < 4.78 is 37.2. The van der Waals surface area contributed by atoms with Gasteiger partial charge >= 0.3 is 6.18 Å². The van der Waals surface area contributed by atoms with E-state index in [2.05, 4.69) is 0 Å². The molecule has 0 nitrogen and oxygen atoms in total. The van der Waals surface area contributed by atoms with E-state index >= 15 is 0 Å². The molecule has 0 unspecified atom stereocenters. The average Bonchev–Trinajstić information content (AvgIpc) is 2.48. The van der Waals surface area contributed by atoms with Crippen LogP contribution in [0.5, 0.6) is 0 Å². The number of benzene rings is 1. The highest BCUT2D eigenvalue weighted by Crippen LogP contribution is 2.36. The maximum atomic E-state index is 12.4. The van der Waals surface area contributed by atoms with Crippen LogP contribution in [-0.2, 0) is 6.42 Å². The lowest BCUT2D eigenvalue weighted by Gasteiger charge is -2.05. The van der Waals surface area contributed by atoms with Crippen molar-refractivity contribution in [2.75, 3.05) is 0 Å². The Morgan fingerprint density at radius 3 is 2.50 bits per heavy atom. The number of aryl methyl sites for hydroxylation is 1. The molecule has 1 aliphatic rings. The van der Waals surface area contributed by atoms with Crippen LogP contribution in [0.3, 0.4) is 0 Å². The second-order valence-electron chi connectivity index (χ2n) is 3.49. The number of hydrogen-bond donors (Lipinski definition) is 0. The molecular formula is C11H9F3. The fourth-order valence-electron chi connectivity index (χ4n) is 1.71. The highest BCUT2D eigenvalue weighted by Gasteiger charge is 2.36.